The number of nitrogens with zero attached hydrogens (tertiary/aromatic N) is 2. The molecule has 0 aliphatic carbocycles. The highest BCUT2D eigenvalue weighted by atomic mass is 16.4. The molecular formula is C24H21N3O6. The summed E-state index contributed by atoms with van der Waals surface area (Å²) in [6.45, 7) is 0.307. The Morgan fingerprint density at radius 1 is 0.939 bits per heavy atom. The first-order chi connectivity index (χ1) is 16.0. The Bertz CT molecular complexity index is 1190. The second-order valence-electron chi connectivity index (χ2n) is 7.37. The Morgan fingerprint density at radius 2 is 1.73 bits per heavy atom. The van der Waals surface area contributed by atoms with Gasteiger partial charge >= 0.3 is 5.97 Å². The summed E-state index contributed by atoms with van der Waals surface area (Å²) in [6.07, 6.45) is 1.28. The number of benzene rings is 2. The Morgan fingerprint density at radius 3 is 2.42 bits per heavy atom. The average molecular weight is 447 g/mol. The first-order valence-electron chi connectivity index (χ1n) is 10.3. The van der Waals surface area contributed by atoms with Gasteiger partial charge in [-0.3, -0.25) is 19.2 Å². The van der Waals surface area contributed by atoms with Gasteiger partial charge in [-0.05, 0) is 42.8 Å². The lowest BCUT2D eigenvalue weighted by atomic mass is 10.1. The predicted molar refractivity (Wildman–Crippen MR) is 118 cm³/mol. The van der Waals surface area contributed by atoms with Crippen LogP contribution in [-0.4, -0.2) is 33.8 Å². The molecule has 0 spiro atoms. The maximum absolute atomic E-state index is 13.4. The second-order valence-corrected chi connectivity index (χ2v) is 7.37. The van der Waals surface area contributed by atoms with Crippen LogP contribution in [-0.2, 0) is 16.1 Å². The monoisotopic (exact) mass is 447 g/mol. The Labute approximate surface area is 189 Å². The number of carboxylic acids is 1. The summed E-state index contributed by atoms with van der Waals surface area (Å²) in [6, 6.07) is 16.7. The summed E-state index contributed by atoms with van der Waals surface area (Å²) in [5.74, 6) is -2.20. The van der Waals surface area contributed by atoms with Crippen LogP contribution in [0.25, 0.3) is 0 Å². The number of aliphatic carboxylic acids is 1. The molecule has 2 N–H and O–H groups in total. The number of carbonyl (C=O) groups is 4. The average Bonchev–Trinajstić information content (AvgIpc) is 3.41. The lowest BCUT2D eigenvalue weighted by molar-refractivity contribution is -0.137. The molecule has 2 heterocycles. The fourth-order valence-electron chi connectivity index (χ4n) is 3.63. The minimum absolute atomic E-state index is 0.0800. The highest BCUT2D eigenvalue weighted by Crippen LogP contribution is 2.33. The summed E-state index contributed by atoms with van der Waals surface area (Å²) in [4.78, 5) is 50.6. The molecule has 0 radical (unpaired) electrons. The molecule has 1 aliphatic rings. The summed E-state index contributed by atoms with van der Waals surface area (Å²) >= 11 is 0. The van der Waals surface area contributed by atoms with Gasteiger partial charge in [-0.15, -0.1) is 0 Å². The SMILES string of the molecule is O=C(O)CCCC(=O)N(c1ccccc1)N1C(=O)c2cccc(NCc3ccco3)c2C1=O. The molecule has 0 unspecified atom stereocenters. The zero-order valence-corrected chi connectivity index (χ0v) is 17.6. The lowest BCUT2D eigenvalue weighted by Crippen LogP contribution is -2.50. The van der Waals surface area contributed by atoms with Crippen LogP contribution in [0.4, 0.5) is 11.4 Å². The van der Waals surface area contributed by atoms with Crippen molar-refractivity contribution in [3.05, 3.63) is 83.8 Å². The van der Waals surface area contributed by atoms with Crippen LogP contribution in [0.3, 0.4) is 0 Å². The maximum atomic E-state index is 13.4. The van der Waals surface area contributed by atoms with Gasteiger partial charge in [0, 0.05) is 18.5 Å². The smallest absolute Gasteiger partial charge is 0.303 e. The quantitative estimate of drug-likeness (QED) is 0.480. The van der Waals surface area contributed by atoms with Crippen molar-refractivity contribution in [3.8, 4) is 0 Å². The van der Waals surface area contributed by atoms with E-state index in [1.54, 1.807) is 54.6 Å². The van der Waals surface area contributed by atoms with E-state index in [-0.39, 0.29) is 30.4 Å². The number of amides is 3. The number of hydrogen-bond donors (Lipinski definition) is 2. The summed E-state index contributed by atoms with van der Waals surface area (Å²) < 4.78 is 5.31. The topological polar surface area (TPSA) is 120 Å². The zero-order valence-electron chi connectivity index (χ0n) is 17.6. The number of anilines is 2. The van der Waals surface area contributed by atoms with E-state index in [1.807, 2.05) is 0 Å². The molecule has 0 atom stereocenters. The molecule has 1 aromatic heterocycles. The highest BCUT2D eigenvalue weighted by molar-refractivity contribution is 6.26. The highest BCUT2D eigenvalue weighted by Gasteiger charge is 2.43. The Balaban J connectivity index is 1.65. The number of furan rings is 1. The predicted octanol–water partition coefficient (Wildman–Crippen LogP) is 3.69. The third-order valence-electron chi connectivity index (χ3n) is 5.14. The molecule has 2 aromatic carbocycles. The summed E-state index contributed by atoms with van der Waals surface area (Å²) in [7, 11) is 0. The van der Waals surface area contributed by atoms with Crippen molar-refractivity contribution in [2.24, 2.45) is 0 Å². The number of carbonyl (C=O) groups excluding carboxylic acids is 3. The van der Waals surface area contributed by atoms with Gasteiger partial charge < -0.3 is 14.8 Å². The Hall–Kier alpha value is -4.40. The molecular weight excluding hydrogens is 426 g/mol. The number of carboxylic acid groups (broad SMARTS) is 1. The standard InChI is InChI=1S/C24H21N3O6/c28-20(12-5-13-21(29)30)26(16-7-2-1-3-8-16)27-23(31)18-10-4-11-19(22(18)24(27)32)25-15-17-9-6-14-33-17/h1-4,6-11,14,25H,5,12-13,15H2,(H,29,30). The van der Waals surface area contributed by atoms with Crippen LogP contribution in [0.1, 0.15) is 45.7 Å². The number of hydrazine groups is 1. The van der Waals surface area contributed by atoms with E-state index in [1.165, 1.54) is 12.3 Å². The molecule has 4 rings (SSSR count). The van der Waals surface area contributed by atoms with Gasteiger partial charge in [0.05, 0.1) is 29.6 Å². The van der Waals surface area contributed by atoms with Gasteiger partial charge in [0.25, 0.3) is 11.8 Å². The van der Waals surface area contributed by atoms with E-state index in [4.69, 9.17) is 9.52 Å². The van der Waals surface area contributed by atoms with Crippen LogP contribution in [0, 0.1) is 0 Å². The van der Waals surface area contributed by atoms with Crippen LogP contribution >= 0.6 is 0 Å². The molecule has 9 nitrogen and oxygen atoms in total. The number of nitrogens with one attached hydrogen (secondary N) is 1. The fourth-order valence-corrected chi connectivity index (χ4v) is 3.63. The lowest BCUT2D eigenvalue weighted by Gasteiger charge is -2.30. The second kappa shape index (κ2) is 9.39. The maximum Gasteiger partial charge on any atom is 0.303 e. The third-order valence-corrected chi connectivity index (χ3v) is 5.14. The van der Waals surface area contributed by atoms with E-state index in [0.717, 1.165) is 10.0 Å². The summed E-state index contributed by atoms with van der Waals surface area (Å²) in [5.41, 5.74) is 1.10. The van der Waals surface area contributed by atoms with Gasteiger partial charge in [-0.2, -0.15) is 5.01 Å². The molecule has 0 saturated carbocycles. The molecule has 9 heteroatoms. The van der Waals surface area contributed by atoms with E-state index in [2.05, 4.69) is 5.32 Å². The minimum Gasteiger partial charge on any atom is -0.481 e. The summed E-state index contributed by atoms with van der Waals surface area (Å²) in [5, 5.41) is 13.9. The van der Waals surface area contributed by atoms with Crippen LogP contribution < -0.4 is 10.3 Å². The van der Waals surface area contributed by atoms with Crippen molar-refractivity contribution in [2.75, 3.05) is 10.3 Å². The van der Waals surface area contributed by atoms with Crippen LogP contribution in [0.5, 0.6) is 0 Å². The first-order valence-corrected chi connectivity index (χ1v) is 10.3. The van der Waals surface area contributed by atoms with Crippen LogP contribution in [0.15, 0.2) is 71.3 Å². The van der Waals surface area contributed by atoms with Gasteiger partial charge in [-0.1, -0.05) is 24.3 Å². The number of rotatable bonds is 9. The first kappa shape index (κ1) is 21.8. The van der Waals surface area contributed by atoms with Crippen LogP contribution in [0.2, 0.25) is 0 Å². The number of para-hydroxylation sites is 1. The molecule has 3 amide bonds. The third kappa shape index (κ3) is 4.47. The molecule has 33 heavy (non-hydrogen) atoms. The van der Waals surface area contributed by atoms with Crippen molar-refractivity contribution < 1.29 is 28.7 Å². The van der Waals surface area contributed by atoms with Gasteiger partial charge in [0.15, 0.2) is 0 Å². The molecule has 0 bridgehead atoms. The molecule has 3 aromatic rings. The van der Waals surface area contributed by atoms with Gasteiger partial charge in [-0.25, -0.2) is 5.01 Å². The van der Waals surface area contributed by atoms with Crippen molar-refractivity contribution in [2.45, 2.75) is 25.8 Å². The van der Waals surface area contributed by atoms with E-state index < -0.39 is 23.7 Å². The molecule has 0 fully saturated rings. The fraction of sp³-hybridized carbons (Fsp3) is 0.167. The van der Waals surface area contributed by atoms with Crippen molar-refractivity contribution in [3.63, 3.8) is 0 Å². The van der Waals surface area contributed by atoms with E-state index in [0.29, 0.717) is 23.7 Å². The molecule has 168 valence electrons. The Kier molecular flexibility index (Phi) is 6.21. The number of hydrogen-bond acceptors (Lipinski definition) is 6. The number of imide groups is 1. The van der Waals surface area contributed by atoms with E-state index in [9.17, 15) is 19.2 Å². The normalized spacial score (nSPS) is 12.5. The van der Waals surface area contributed by atoms with E-state index >= 15 is 0 Å². The van der Waals surface area contributed by atoms with Crippen molar-refractivity contribution in [1.29, 1.82) is 0 Å². The van der Waals surface area contributed by atoms with Crippen molar-refractivity contribution >= 4 is 35.1 Å². The molecule has 1 aliphatic heterocycles. The largest absolute Gasteiger partial charge is 0.481 e. The number of fused-ring (bicyclic) bond motifs is 1. The molecule has 0 saturated heterocycles. The van der Waals surface area contributed by atoms with Crippen molar-refractivity contribution in [1.82, 2.24) is 5.01 Å². The van der Waals surface area contributed by atoms with Gasteiger partial charge in [0.1, 0.15) is 5.76 Å². The minimum atomic E-state index is -1.03. The zero-order chi connectivity index (χ0) is 23.4. The van der Waals surface area contributed by atoms with Gasteiger partial charge in [0.2, 0.25) is 5.91 Å².